The lowest BCUT2D eigenvalue weighted by atomic mass is 9.85. The first-order chi connectivity index (χ1) is 13.6. The molecule has 3 aromatic rings. The Morgan fingerprint density at radius 3 is 2.07 bits per heavy atom. The minimum absolute atomic E-state index is 0.145. The topological polar surface area (TPSA) is 52.3 Å². The largest absolute Gasteiger partial charge is 0.485 e. The van der Waals surface area contributed by atoms with Crippen LogP contribution in [0.1, 0.15) is 65.0 Å². The smallest absolute Gasteiger partial charge is 0.258 e. The third kappa shape index (κ3) is 4.70. The van der Waals surface area contributed by atoms with E-state index in [1.54, 1.807) is 6.07 Å². The number of hydrogen-bond donors (Lipinski definition) is 1. The van der Waals surface area contributed by atoms with Crippen LogP contribution in [0.2, 0.25) is 0 Å². The van der Waals surface area contributed by atoms with Crippen molar-refractivity contribution >= 4 is 17.2 Å². The van der Waals surface area contributed by atoms with Gasteiger partial charge >= 0.3 is 0 Å². The number of carbonyl (C=O) groups excluding carboxylic acids is 1. The third-order valence-corrected chi connectivity index (χ3v) is 6.39. The molecule has 1 amide bonds. The standard InChI is InChI=1S/C25H29NO2S/c1-15-13-20(28-17(3)21-11-12-22(29-21)24(26)27)14-16(2)23(15)18-7-9-19(10-8-18)25(4,5)6/h7-14,17H,1-6H3,(H2,26,27). The SMILES string of the molecule is Cc1cc(OC(C)c2ccc(C(N)=O)s2)cc(C)c1-c1ccc(C(C)(C)C)cc1. The zero-order valence-electron chi connectivity index (χ0n) is 18.0. The van der Waals surface area contributed by atoms with Gasteiger partial charge in [-0.2, -0.15) is 0 Å². The number of primary amides is 1. The van der Waals surface area contributed by atoms with Gasteiger partial charge in [-0.05, 0) is 78.3 Å². The normalized spacial score (nSPS) is 12.6. The second-order valence-corrected chi connectivity index (χ2v) is 9.70. The van der Waals surface area contributed by atoms with Crippen LogP contribution < -0.4 is 10.5 Å². The van der Waals surface area contributed by atoms with E-state index in [9.17, 15) is 4.79 Å². The first-order valence-electron chi connectivity index (χ1n) is 9.84. The van der Waals surface area contributed by atoms with Crippen molar-refractivity contribution in [2.45, 2.75) is 53.1 Å². The molecule has 1 heterocycles. The number of hydrogen-bond acceptors (Lipinski definition) is 3. The average Bonchev–Trinajstić information content (AvgIpc) is 3.11. The molecule has 152 valence electrons. The molecule has 4 heteroatoms. The second kappa shape index (κ2) is 8.03. The summed E-state index contributed by atoms with van der Waals surface area (Å²) in [5.74, 6) is 0.429. The molecule has 0 fully saturated rings. The van der Waals surface area contributed by atoms with E-state index >= 15 is 0 Å². The van der Waals surface area contributed by atoms with Crippen LogP contribution in [0.5, 0.6) is 5.75 Å². The lowest BCUT2D eigenvalue weighted by Crippen LogP contribution is -2.10. The molecule has 0 saturated heterocycles. The number of ether oxygens (including phenoxy) is 1. The molecule has 1 unspecified atom stereocenters. The number of thiophene rings is 1. The molecule has 1 atom stereocenters. The predicted octanol–water partition coefficient (Wildman–Crippen LogP) is 6.57. The van der Waals surface area contributed by atoms with E-state index in [4.69, 9.17) is 10.5 Å². The summed E-state index contributed by atoms with van der Waals surface area (Å²) in [6.45, 7) is 12.9. The van der Waals surface area contributed by atoms with E-state index in [1.165, 1.54) is 39.2 Å². The van der Waals surface area contributed by atoms with Crippen molar-refractivity contribution < 1.29 is 9.53 Å². The summed E-state index contributed by atoms with van der Waals surface area (Å²) in [6.07, 6.45) is -0.149. The van der Waals surface area contributed by atoms with Crippen LogP contribution in [0.15, 0.2) is 48.5 Å². The highest BCUT2D eigenvalue weighted by molar-refractivity contribution is 7.14. The fourth-order valence-corrected chi connectivity index (χ4v) is 4.39. The molecular formula is C25H29NO2S. The van der Waals surface area contributed by atoms with Gasteiger partial charge in [0.2, 0.25) is 0 Å². The summed E-state index contributed by atoms with van der Waals surface area (Å²) in [4.78, 5) is 12.9. The van der Waals surface area contributed by atoms with Crippen molar-refractivity contribution in [1.82, 2.24) is 0 Å². The van der Waals surface area contributed by atoms with Gasteiger partial charge in [-0.1, -0.05) is 45.0 Å². The molecule has 0 aliphatic carbocycles. The Morgan fingerprint density at radius 1 is 1.00 bits per heavy atom. The van der Waals surface area contributed by atoms with E-state index in [-0.39, 0.29) is 11.5 Å². The summed E-state index contributed by atoms with van der Waals surface area (Å²) in [7, 11) is 0. The number of rotatable bonds is 5. The maximum atomic E-state index is 11.3. The maximum Gasteiger partial charge on any atom is 0.258 e. The Bertz CT molecular complexity index is 1000. The maximum absolute atomic E-state index is 11.3. The van der Waals surface area contributed by atoms with Crippen LogP contribution >= 0.6 is 11.3 Å². The van der Waals surface area contributed by atoms with Crippen LogP contribution in [-0.4, -0.2) is 5.91 Å². The molecule has 0 aliphatic rings. The lowest BCUT2D eigenvalue weighted by molar-refractivity contribution is 0.100. The van der Waals surface area contributed by atoms with Gasteiger partial charge in [-0.3, -0.25) is 4.79 Å². The number of aryl methyl sites for hydroxylation is 2. The monoisotopic (exact) mass is 407 g/mol. The first kappa shape index (κ1) is 21.1. The van der Waals surface area contributed by atoms with Gasteiger partial charge in [-0.15, -0.1) is 11.3 Å². The molecule has 0 radical (unpaired) electrons. The molecule has 0 aliphatic heterocycles. The van der Waals surface area contributed by atoms with Gasteiger partial charge in [0, 0.05) is 4.88 Å². The van der Waals surface area contributed by atoms with Crippen LogP contribution in [0.25, 0.3) is 11.1 Å². The molecule has 29 heavy (non-hydrogen) atoms. The van der Waals surface area contributed by atoms with Crippen molar-refractivity contribution in [2.75, 3.05) is 0 Å². The van der Waals surface area contributed by atoms with Crippen LogP contribution in [0, 0.1) is 13.8 Å². The van der Waals surface area contributed by atoms with E-state index in [1.807, 2.05) is 13.0 Å². The summed E-state index contributed by atoms with van der Waals surface area (Å²) in [5.41, 5.74) is 11.7. The minimum atomic E-state index is -0.401. The lowest BCUT2D eigenvalue weighted by Gasteiger charge is -2.20. The van der Waals surface area contributed by atoms with Crippen molar-refractivity contribution in [2.24, 2.45) is 5.73 Å². The molecule has 0 bridgehead atoms. The molecule has 3 nitrogen and oxygen atoms in total. The predicted molar refractivity (Wildman–Crippen MR) is 122 cm³/mol. The Hall–Kier alpha value is -2.59. The molecule has 0 spiro atoms. The fraction of sp³-hybridized carbons (Fsp3) is 0.320. The van der Waals surface area contributed by atoms with Gasteiger partial charge in [0.05, 0.1) is 4.88 Å². The van der Waals surface area contributed by atoms with Crippen molar-refractivity contribution in [3.05, 3.63) is 75.0 Å². The molecule has 0 saturated carbocycles. The van der Waals surface area contributed by atoms with Crippen LogP contribution in [0.3, 0.4) is 0 Å². The minimum Gasteiger partial charge on any atom is -0.485 e. The Labute approximate surface area is 177 Å². The Balaban J connectivity index is 1.84. The summed E-state index contributed by atoms with van der Waals surface area (Å²) >= 11 is 1.38. The fourth-order valence-electron chi connectivity index (χ4n) is 3.55. The van der Waals surface area contributed by atoms with E-state index in [0.29, 0.717) is 4.88 Å². The number of benzene rings is 2. The van der Waals surface area contributed by atoms with Crippen LogP contribution in [-0.2, 0) is 5.41 Å². The Kier molecular flexibility index (Phi) is 5.85. The highest BCUT2D eigenvalue weighted by Crippen LogP contribution is 2.35. The first-order valence-corrected chi connectivity index (χ1v) is 10.7. The van der Waals surface area contributed by atoms with Gasteiger partial charge in [0.25, 0.3) is 5.91 Å². The molecule has 2 N–H and O–H groups in total. The molecule has 3 rings (SSSR count). The number of carbonyl (C=O) groups is 1. The highest BCUT2D eigenvalue weighted by atomic mass is 32.1. The average molecular weight is 408 g/mol. The van der Waals surface area contributed by atoms with Crippen molar-refractivity contribution in [3.8, 4) is 16.9 Å². The van der Waals surface area contributed by atoms with Crippen molar-refractivity contribution in [1.29, 1.82) is 0 Å². The van der Waals surface area contributed by atoms with Gasteiger partial charge in [0.1, 0.15) is 11.9 Å². The summed E-state index contributed by atoms with van der Waals surface area (Å²) in [6, 6.07) is 16.7. The zero-order chi connectivity index (χ0) is 21.3. The van der Waals surface area contributed by atoms with E-state index in [0.717, 1.165) is 10.6 Å². The number of nitrogens with two attached hydrogens (primary N) is 1. The molecular weight excluding hydrogens is 378 g/mol. The van der Waals surface area contributed by atoms with E-state index in [2.05, 4.69) is 71.0 Å². The van der Waals surface area contributed by atoms with Gasteiger partial charge in [0.15, 0.2) is 0 Å². The van der Waals surface area contributed by atoms with Crippen molar-refractivity contribution in [3.63, 3.8) is 0 Å². The van der Waals surface area contributed by atoms with Crippen LogP contribution in [0.4, 0.5) is 0 Å². The quantitative estimate of drug-likeness (QED) is 0.520. The summed E-state index contributed by atoms with van der Waals surface area (Å²) < 4.78 is 6.17. The number of amides is 1. The van der Waals surface area contributed by atoms with E-state index < -0.39 is 5.91 Å². The Morgan fingerprint density at radius 2 is 1.59 bits per heavy atom. The molecule has 1 aromatic heterocycles. The highest BCUT2D eigenvalue weighted by Gasteiger charge is 2.16. The third-order valence-electron chi connectivity index (χ3n) is 5.13. The summed E-state index contributed by atoms with van der Waals surface area (Å²) in [5, 5.41) is 0. The van der Waals surface area contributed by atoms with Gasteiger partial charge < -0.3 is 10.5 Å². The molecule has 2 aromatic carbocycles. The second-order valence-electron chi connectivity index (χ2n) is 8.59. The van der Waals surface area contributed by atoms with Gasteiger partial charge in [-0.25, -0.2) is 0 Å². The zero-order valence-corrected chi connectivity index (χ0v) is 18.8.